The molecule has 12 heteroatoms. The SMILES string of the molecule is COc1c(NC(=O)C2Cc3cccc(NC(=O)c4cnc5ccccc5n4)c3S2)cc(C(C)(C)C)cc1NS(C)(=O)=O. The van der Waals surface area contributed by atoms with E-state index >= 15 is 0 Å². The number of ether oxygens (including phenoxy) is 1. The predicted octanol–water partition coefficient (Wildman–Crippen LogP) is 5.22. The second kappa shape index (κ2) is 11.3. The first-order valence-corrected chi connectivity index (χ1v) is 15.9. The van der Waals surface area contributed by atoms with E-state index in [1.807, 2.05) is 51.1 Å². The molecule has 1 aliphatic heterocycles. The molecule has 42 heavy (non-hydrogen) atoms. The van der Waals surface area contributed by atoms with Crippen molar-refractivity contribution in [2.75, 3.05) is 28.7 Å². The minimum Gasteiger partial charge on any atom is -0.492 e. The fraction of sp³-hybridized carbons (Fsp3) is 0.267. The molecule has 0 aliphatic carbocycles. The molecule has 0 radical (unpaired) electrons. The first-order valence-electron chi connectivity index (χ1n) is 13.2. The van der Waals surface area contributed by atoms with E-state index in [9.17, 15) is 18.0 Å². The van der Waals surface area contributed by atoms with Crippen LogP contribution in [-0.4, -0.2) is 48.8 Å². The van der Waals surface area contributed by atoms with Crippen LogP contribution in [0.25, 0.3) is 11.0 Å². The van der Waals surface area contributed by atoms with Crippen molar-refractivity contribution in [1.29, 1.82) is 0 Å². The van der Waals surface area contributed by atoms with E-state index in [-0.39, 0.29) is 28.5 Å². The van der Waals surface area contributed by atoms with Crippen LogP contribution in [0.3, 0.4) is 0 Å². The molecule has 3 aromatic carbocycles. The van der Waals surface area contributed by atoms with Gasteiger partial charge in [-0.2, -0.15) is 0 Å². The number of rotatable bonds is 7. The Bertz CT molecular complexity index is 1820. The largest absolute Gasteiger partial charge is 0.492 e. The average molecular weight is 606 g/mol. The van der Waals surface area contributed by atoms with E-state index < -0.39 is 21.2 Å². The van der Waals surface area contributed by atoms with Gasteiger partial charge in [0.25, 0.3) is 5.91 Å². The Kier molecular flexibility index (Phi) is 7.86. The topological polar surface area (TPSA) is 139 Å². The van der Waals surface area contributed by atoms with Crippen molar-refractivity contribution in [2.45, 2.75) is 42.8 Å². The van der Waals surface area contributed by atoms with Gasteiger partial charge < -0.3 is 15.4 Å². The zero-order valence-corrected chi connectivity index (χ0v) is 25.4. The number of carbonyl (C=O) groups is 2. The summed E-state index contributed by atoms with van der Waals surface area (Å²) in [5, 5.41) is 5.39. The third kappa shape index (κ3) is 6.34. The molecule has 5 rings (SSSR count). The van der Waals surface area contributed by atoms with Crippen LogP contribution >= 0.6 is 11.8 Å². The van der Waals surface area contributed by atoms with E-state index in [2.05, 4.69) is 25.3 Å². The van der Waals surface area contributed by atoms with E-state index in [1.165, 1.54) is 25.1 Å². The summed E-state index contributed by atoms with van der Waals surface area (Å²) in [4.78, 5) is 36.2. The Balaban J connectivity index is 1.37. The van der Waals surface area contributed by atoms with Crippen molar-refractivity contribution in [1.82, 2.24) is 9.97 Å². The van der Waals surface area contributed by atoms with Crippen molar-refractivity contribution in [2.24, 2.45) is 0 Å². The van der Waals surface area contributed by atoms with Crippen LogP contribution in [-0.2, 0) is 26.7 Å². The lowest BCUT2D eigenvalue weighted by atomic mass is 9.86. The number of anilines is 3. The van der Waals surface area contributed by atoms with Crippen LogP contribution in [0.2, 0.25) is 0 Å². The average Bonchev–Trinajstić information content (AvgIpc) is 3.37. The number of fused-ring (bicyclic) bond motifs is 2. The Labute approximate surface area is 248 Å². The number of para-hydroxylation sites is 2. The highest BCUT2D eigenvalue weighted by Crippen LogP contribution is 2.44. The number of benzene rings is 3. The fourth-order valence-corrected chi connectivity index (χ4v) is 6.44. The maximum absolute atomic E-state index is 13.6. The first kappa shape index (κ1) is 29.3. The van der Waals surface area contributed by atoms with Crippen molar-refractivity contribution < 1.29 is 22.7 Å². The number of methoxy groups -OCH3 is 1. The molecule has 0 saturated heterocycles. The molecule has 3 N–H and O–H groups in total. The van der Waals surface area contributed by atoms with Crippen LogP contribution < -0.4 is 20.1 Å². The zero-order valence-electron chi connectivity index (χ0n) is 23.8. The van der Waals surface area contributed by atoms with E-state index in [0.29, 0.717) is 28.8 Å². The van der Waals surface area contributed by atoms with Gasteiger partial charge in [-0.25, -0.2) is 13.4 Å². The molecule has 1 aromatic heterocycles. The van der Waals surface area contributed by atoms with Gasteiger partial charge in [-0.15, -0.1) is 11.8 Å². The van der Waals surface area contributed by atoms with Gasteiger partial charge in [0.2, 0.25) is 15.9 Å². The zero-order chi connectivity index (χ0) is 30.2. The highest BCUT2D eigenvalue weighted by Gasteiger charge is 2.32. The van der Waals surface area contributed by atoms with E-state index in [0.717, 1.165) is 22.3 Å². The Morgan fingerprint density at radius 1 is 0.976 bits per heavy atom. The molecule has 2 heterocycles. The maximum Gasteiger partial charge on any atom is 0.275 e. The van der Waals surface area contributed by atoms with Gasteiger partial charge in [-0.3, -0.25) is 19.3 Å². The Hall–Kier alpha value is -4.16. The normalized spacial score (nSPS) is 14.7. The van der Waals surface area contributed by atoms with Gasteiger partial charge in [0.05, 0.1) is 52.9 Å². The molecule has 2 amide bonds. The van der Waals surface area contributed by atoms with E-state index in [4.69, 9.17) is 4.74 Å². The molecular formula is C30H31N5O5S2. The van der Waals surface area contributed by atoms with Crippen LogP contribution in [0.15, 0.2) is 65.7 Å². The minimum absolute atomic E-state index is 0.188. The van der Waals surface area contributed by atoms with Gasteiger partial charge >= 0.3 is 0 Å². The summed E-state index contributed by atoms with van der Waals surface area (Å²) >= 11 is 1.35. The van der Waals surface area contributed by atoms with Gasteiger partial charge in [0.1, 0.15) is 5.69 Å². The summed E-state index contributed by atoms with van der Waals surface area (Å²) in [5.74, 6) is -0.458. The molecule has 1 unspecified atom stereocenters. The maximum atomic E-state index is 13.6. The number of sulfonamides is 1. The van der Waals surface area contributed by atoms with Crippen LogP contribution in [0.4, 0.5) is 17.1 Å². The number of hydrogen-bond donors (Lipinski definition) is 3. The molecule has 0 spiro atoms. The number of carbonyl (C=O) groups excluding carboxylic acids is 2. The second-order valence-corrected chi connectivity index (χ2v) is 14.0. The molecule has 1 aliphatic rings. The summed E-state index contributed by atoms with van der Waals surface area (Å²) in [5.41, 5.74) is 4.10. The van der Waals surface area contributed by atoms with Crippen LogP contribution in [0.5, 0.6) is 5.75 Å². The van der Waals surface area contributed by atoms with Crippen molar-refractivity contribution in [3.05, 3.63) is 77.6 Å². The number of nitrogens with zero attached hydrogens (tertiary/aromatic N) is 2. The number of nitrogens with one attached hydrogen (secondary N) is 3. The van der Waals surface area contributed by atoms with Gasteiger partial charge in [-0.1, -0.05) is 45.0 Å². The predicted molar refractivity (Wildman–Crippen MR) is 166 cm³/mol. The number of amides is 2. The smallest absolute Gasteiger partial charge is 0.275 e. The van der Waals surface area contributed by atoms with E-state index in [1.54, 1.807) is 24.3 Å². The van der Waals surface area contributed by atoms with Gasteiger partial charge in [0, 0.05) is 4.90 Å². The number of aromatic nitrogens is 2. The fourth-order valence-electron chi connectivity index (χ4n) is 4.63. The third-order valence-electron chi connectivity index (χ3n) is 6.70. The third-order valence-corrected chi connectivity index (χ3v) is 8.67. The summed E-state index contributed by atoms with van der Waals surface area (Å²) in [6.45, 7) is 5.98. The molecule has 10 nitrogen and oxygen atoms in total. The molecule has 0 saturated carbocycles. The summed E-state index contributed by atoms with van der Waals surface area (Å²) in [6.07, 6.45) is 2.95. The standard InChI is InChI=1S/C30H31N5O5S2/c1-30(2,3)18-14-22(26(40-4)23(15-18)35-42(5,38)39)34-29(37)25-13-17-9-8-12-21(27(17)41-25)33-28(36)24-16-31-19-10-6-7-11-20(19)32-24/h6-12,14-16,25,35H,13H2,1-5H3,(H,33,36)(H,34,37). The van der Waals surface area contributed by atoms with Gasteiger partial charge in [0.15, 0.2) is 5.75 Å². The molecule has 1 atom stereocenters. The Morgan fingerprint density at radius 3 is 2.38 bits per heavy atom. The van der Waals surface area contributed by atoms with Crippen LogP contribution in [0, 0.1) is 0 Å². The monoisotopic (exact) mass is 605 g/mol. The number of hydrogen-bond acceptors (Lipinski definition) is 8. The Morgan fingerprint density at radius 2 is 1.69 bits per heavy atom. The van der Waals surface area contributed by atoms with Crippen molar-refractivity contribution in [3.8, 4) is 5.75 Å². The van der Waals surface area contributed by atoms with Crippen molar-refractivity contribution >= 4 is 61.7 Å². The molecule has 0 bridgehead atoms. The molecule has 4 aromatic rings. The lowest BCUT2D eigenvalue weighted by Crippen LogP contribution is -2.25. The first-order chi connectivity index (χ1) is 19.8. The lowest BCUT2D eigenvalue weighted by molar-refractivity contribution is -0.115. The molecular weight excluding hydrogens is 574 g/mol. The minimum atomic E-state index is -3.60. The van der Waals surface area contributed by atoms with Gasteiger partial charge in [-0.05, 0) is 53.3 Å². The second-order valence-electron chi connectivity index (χ2n) is 11.0. The lowest BCUT2D eigenvalue weighted by Gasteiger charge is -2.24. The van der Waals surface area contributed by atoms with Crippen molar-refractivity contribution in [3.63, 3.8) is 0 Å². The number of thioether (sulfide) groups is 1. The summed E-state index contributed by atoms with van der Waals surface area (Å²) in [7, 11) is -2.18. The summed E-state index contributed by atoms with van der Waals surface area (Å²) < 4.78 is 32.2. The quantitative estimate of drug-likeness (QED) is 0.261. The molecule has 0 fully saturated rings. The summed E-state index contributed by atoms with van der Waals surface area (Å²) in [6, 6.07) is 16.4. The highest BCUT2D eigenvalue weighted by atomic mass is 32.2. The highest BCUT2D eigenvalue weighted by molar-refractivity contribution is 8.01. The van der Waals surface area contributed by atoms with Crippen LogP contribution in [0.1, 0.15) is 42.4 Å². The molecule has 218 valence electrons.